The van der Waals surface area contributed by atoms with Gasteiger partial charge in [-0.2, -0.15) is 0 Å². The molecule has 0 radical (unpaired) electrons. The molecule has 7 aliphatic carbocycles. The number of phenols is 5. The molecule has 13 nitrogen and oxygen atoms in total. The van der Waals surface area contributed by atoms with E-state index in [-0.39, 0.29) is 92.0 Å². The summed E-state index contributed by atoms with van der Waals surface area (Å²) >= 11 is 0. The van der Waals surface area contributed by atoms with E-state index in [4.69, 9.17) is 15.0 Å². The Morgan fingerprint density at radius 3 is 2.40 bits per heavy atom. The molecule has 0 amide bonds. The van der Waals surface area contributed by atoms with E-state index in [1.54, 1.807) is 23.8 Å². The fourth-order valence-electron chi connectivity index (χ4n) is 24.8. The summed E-state index contributed by atoms with van der Waals surface area (Å²) < 4.78 is 6.73. The van der Waals surface area contributed by atoms with Crippen LogP contribution in [0, 0.1) is 51.8 Å². The van der Waals surface area contributed by atoms with Gasteiger partial charge < -0.3 is 61.3 Å². The summed E-state index contributed by atoms with van der Waals surface area (Å²) in [5.74, 6) is 1.71. The normalized spacial score (nSPS) is 35.2. The number of aliphatic hydroxyl groups is 1. The molecule has 8 fully saturated rings. The minimum absolute atomic E-state index is 0.00104. The van der Waals surface area contributed by atoms with Crippen molar-refractivity contribution in [2.24, 2.45) is 51.8 Å². The second-order valence-corrected chi connectivity index (χ2v) is 32.5. The van der Waals surface area contributed by atoms with Gasteiger partial charge >= 0.3 is 0 Å². The van der Waals surface area contributed by atoms with Crippen LogP contribution >= 0.6 is 0 Å². The van der Waals surface area contributed by atoms with Crippen molar-refractivity contribution in [3.05, 3.63) is 189 Å². The Labute approximate surface area is 570 Å². The van der Waals surface area contributed by atoms with E-state index in [1.165, 1.54) is 142 Å². The molecular formula is C84H98N6O7. The van der Waals surface area contributed by atoms with Gasteiger partial charge in [-0.25, -0.2) is 4.98 Å². The van der Waals surface area contributed by atoms with Gasteiger partial charge in [0.05, 0.1) is 23.4 Å². The van der Waals surface area contributed by atoms with Crippen molar-refractivity contribution in [3.63, 3.8) is 0 Å². The Kier molecular flexibility index (Phi) is 15.4. The topological polar surface area (TPSA) is 211 Å². The van der Waals surface area contributed by atoms with Crippen LogP contribution in [-0.2, 0) is 42.3 Å². The fourth-order valence-corrected chi connectivity index (χ4v) is 24.8. The molecule has 5 aromatic carbocycles. The quantitative estimate of drug-likeness (QED) is 0.0226. The van der Waals surface area contributed by atoms with Gasteiger partial charge in [-0.15, -0.1) is 0 Å². The molecule has 16 atom stereocenters. The Balaban J connectivity index is 0.697. The van der Waals surface area contributed by atoms with Crippen LogP contribution in [0.4, 0.5) is 0 Å². The summed E-state index contributed by atoms with van der Waals surface area (Å²) in [5, 5.41) is 82.3. The number of rotatable bonds is 13. The molecule has 13 heteroatoms. The van der Waals surface area contributed by atoms with E-state index in [1.807, 2.05) is 18.5 Å². The maximum atomic E-state index is 13.3. The van der Waals surface area contributed by atoms with Gasteiger partial charge in [0, 0.05) is 83.9 Å². The first kappa shape index (κ1) is 62.1. The van der Waals surface area contributed by atoms with Crippen LogP contribution in [0.25, 0.3) is 22.9 Å². The van der Waals surface area contributed by atoms with Gasteiger partial charge in [0.2, 0.25) is 0 Å². The minimum Gasteiger partial charge on any atom is -0.507 e. The molecule has 7 aromatic rings. The summed E-state index contributed by atoms with van der Waals surface area (Å²) in [6.45, 7) is 2.68. The Hall–Kier alpha value is -7.13. The summed E-state index contributed by atoms with van der Waals surface area (Å²) in [7, 11) is 0. The number of aromatic nitrogens is 3. The number of allylic oxidation sites excluding steroid dienone is 1. The minimum atomic E-state index is -0.571. The maximum absolute atomic E-state index is 13.3. The van der Waals surface area contributed by atoms with Gasteiger partial charge in [-0.1, -0.05) is 129 Å². The predicted molar refractivity (Wildman–Crippen MR) is 379 cm³/mol. The highest BCUT2D eigenvalue weighted by Gasteiger charge is 2.78. The van der Waals surface area contributed by atoms with Gasteiger partial charge in [0.15, 0.2) is 23.0 Å². The zero-order valence-corrected chi connectivity index (χ0v) is 56.1. The van der Waals surface area contributed by atoms with Crippen LogP contribution in [0.3, 0.4) is 0 Å². The van der Waals surface area contributed by atoms with Crippen LogP contribution in [0.15, 0.2) is 134 Å². The van der Waals surface area contributed by atoms with Crippen molar-refractivity contribution in [3.8, 4) is 28.7 Å². The van der Waals surface area contributed by atoms with E-state index < -0.39 is 11.5 Å². The number of nitrogens with zero attached hydrogens (tertiary/aromatic N) is 1. The first-order chi connectivity index (χ1) is 47.4. The maximum Gasteiger partial charge on any atom is 0.169 e. The molecule has 4 spiro atoms. The molecule has 16 unspecified atom stereocenters. The SMILES string of the molecule is Oc1ccc(C=Cc2c(CCc3ccc(C4CC5(CC6NC(C5)C(c5ccccc5)C=C6CNCCc5c[nH]c6c5CCC5C(CCOC57CCCC7)C6)C5CC6CCCC67CCC68CCCC6C=CC(O)C8C7(c6cnc[nH]6)C5N4)cc3)c(O)c(O)c3c(O)cccc23)cc1O. The Bertz CT molecular complexity index is 4210. The van der Waals surface area contributed by atoms with Gasteiger partial charge in [-0.3, -0.25) is 0 Å². The fraction of sp³-hybridized carbons (Fsp3) is 0.512. The number of imidazole rings is 1. The van der Waals surface area contributed by atoms with E-state index in [0.717, 1.165) is 70.2 Å². The Morgan fingerprint density at radius 2 is 1.56 bits per heavy atom. The smallest absolute Gasteiger partial charge is 0.169 e. The Morgan fingerprint density at radius 1 is 0.701 bits per heavy atom. The van der Waals surface area contributed by atoms with E-state index in [0.29, 0.717) is 64.5 Å². The number of aliphatic hydroxyl groups excluding tert-OH is 1. The molecule has 506 valence electrons. The summed E-state index contributed by atoms with van der Waals surface area (Å²) in [4.78, 5) is 12.8. The largest absolute Gasteiger partial charge is 0.507 e. The average molecular weight is 1300 g/mol. The number of fused-ring (bicyclic) bond motifs is 10. The van der Waals surface area contributed by atoms with Crippen molar-refractivity contribution in [2.75, 3.05) is 19.7 Å². The second-order valence-electron chi connectivity index (χ2n) is 32.5. The van der Waals surface area contributed by atoms with Crippen LogP contribution in [0.5, 0.6) is 28.7 Å². The van der Waals surface area contributed by atoms with Crippen molar-refractivity contribution < 1.29 is 35.4 Å². The summed E-state index contributed by atoms with van der Waals surface area (Å²) in [6.07, 6.45) is 42.6. The molecule has 2 bridgehead atoms. The van der Waals surface area contributed by atoms with Gasteiger partial charge in [0.1, 0.15) is 5.75 Å². The monoisotopic (exact) mass is 1300 g/mol. The van der Waals surface area contributed by atoms with Crippen molar-refractivity contribution in [1.29, 1.82) is 0 Å². The van der Waals surface area contributed by atoms with Crippen LogP contribution < -0.4 is 16.0 Å². The molecule has 2 aromatic heterocycles. The number of aromatic hydroxyl groups is 5. The van der Waals surface area contributed by atoms with E-state index >= 15 is 0 Å². The lowest BCUT2D eigenvalue weighted by molar-refractivity contribution is -0.217. The third-order valence-corrected chi connectivity index (χ3v) is 28.7. The highest BCUT2D eigenvalue weighted by molar-refractivity contribution is 6.03. The molecule has 18 rings (SSSR count). The number of ether oxygens (including phenoxy) is 1. The average Bonchev–Trinajstić information content (AvgIpc) is 0.715. The number of nitrogens with one attached hydrogen (secondary N) is 5. The lowest BCUT2D eigenvalue weighted by Gasteiger charge is -2.75. The third kappa shape index (κ3) is 9.78. The highest BCUT2D eigenvalue weighted by atomic mass is 16.5. The standard InChI is InChI=1S/C84H98N6O7/c91-70-27-19-51(39-73(70)94)18-23-60-61-13-6-14-71(92)75(61)77(96)76(95)62(60)24-17-50-15-20-53(21-16-50)67-43-80(65-42-58-12-8-32-82(58)36-35-81-31-7-11-57(81)22-28-72(93)78(81)84(82,79(65)90-67)74-48-86-49-88-74)44-68-56(40-63(69(45-80)89-68)52-9-2-1-3-10-52)46-85-37-29-55-47-87-66-41-54-30-38-97-83(33-4-5-34-83)64(54)26-25-59(55)66/h1-3,6,9-10,13-16,18-23,27-28,39-40,47-49,54,57-58,63-65,67-69,72,78-79,85,87,89-96H,4-5,7-8,11-12,17,24-26,29-38,41-46H2,(H,86,88). The molecule has 11 N–H and O–H groups in total. The molecule has 11 aliphatic rings. The second kappa shape index (κ2) is 24.1. The number of hydrogen-bond donors (Lipinski definition) is 11. The van der Waals surface area contributed by atoms with Crippen LogP contribution in [-0.4, -0.2) is 95.1 Å². The molecular weight excluding hydrogens is 1200 g/mol. The molecule has 3 saturated heterocycles. The first-order valence-electron chi connectivity index (χ1n) is 37.5. The number of benzene rings is 5. The highest BCUT2D eigenvalue weighted by Crippen LogP contribution is 2.79. The zero-order chi connectivity index (χ0) is 65.4. The van der Waals surface area contributed by atoms with E-state index in [2.05, 4.69) is 106 Å². The lowest BCUT2D eigenvalue weighted by Crippen LogP contribution is -2.78. The number of aromatic amines is 2. The molecule has 97 heavy (non-hydrogen) atoms. The molecule has 4 aliphatic heterocycles. The molecule has 6 heterocycles. The van der Waals surface area contributed by atoms with Crippen molar-refractivity contribution in [2.45, 2.75) is 195 Å². The van der Waals surface area contributed by atoms with Crippen LogP contribution in [0.1, 0.15) is 183 Å². The number of piperidine rings is 2. The number of hydrogen-bond acceptors (Lipinski definition) is 11. The van der Waals surface area contributed by atoms with Crippen LogP contribution in [0.2, 0.25) is 0 Å². The third-order valence-electron chi connectivity index (χ3n) is 28.7. The lowest BCUT2D eigenvalue weighted by atomic mass is 9.31. The predicted octanol–water partition coefficient (Wildman–Crippen LogP) is 14.8. The van der Waals surface area contributed by atoms with Gasteiger partial charge in [0.25, 0.3) is 0 Å². The zero-order valence-electron chi connectivity index (χ0n) is 56.1. The number of phenolic OH excluding ortho intramolecular Hbond substituents is 5. The summed E-state index contributed by atoms with van der Waals surface area (Å²) in [6, 6.07) is 30.9. The van der Waals surface area contributed by atoms with Gasteiger partial charge in [-0.05, 0) is 242 Å². The van der Waals surface area contributed by atoms with Crippen molar-refractivity contribution in [1.82, 2.24) is 30.9 Å². The number of aryl methyl sites for hydroxylation is 1. The molecule has 5 saturated carbocycles. The first-order valence-corrected chi connectivity index (χ1v) is 37.5. The van der Waals surface area contributed by atoms with Crippen molar-refractivity contribution >= 4 is 22.9 Å². The number of H-pyrrole nitrogens is 2. The van der Waals surface area contributed by atoms with E-state index in [9.17, 15) is 30.6 Å². The summed E-state index contributed by atoms with van der Waals surface area (Å²) in [5.41, 5.74) is 12.5.